The van der Waals surface area contributed by atoms with Gasteiger partial charge >= 0.3 is 0 Å². The molecule has 2 heteroatoms. The molecule has 1 aliphatic rings. The van der Waals surface area contributed by atoms with E-state index in [9.17, 15) is 0 Å². The van der Waals surface area contributed by atoms with Gasteiger partial charge in [0.15, 0.2) is 0 Å². The molecule has 0 aromatic heterocycles. The zero-order chi connectivity index (χ0) is 12.5. The topological polar surface area (TPSA) is 27.0 Å². The van der Waals surface area contributed by atoms with Crippen LogP contribution in [-0.4, -0.2) is 12.6 Å². The first-order valence-corrected chi connectivity index (χ1v) is 6.29. The highest BCUT2D eigenvalue weighted by Gasteiger charge is 2.27. The predicted molar refractivity (Wildman–Crippen MR) is 71.0 cm³/mol. The zero-order valence-corrected chi connectivity index (χ0v) is 10.9. The second-order valence-corrected chi connectivity index (χ2v) is 5.62. The van der Waals surface area contributed by atoms with Crippen LogP contribution in [0.3, 0.4) is 0 Å². The van der Waals surface area contributed by atoms with E-state index in [0.717, 1.165) is 19.4 Å². The third kappa shape index (κ3) is 2.44. The van der Waals surface area contributed by atoms with E-state index in [1.807, 2.05) is 13.8 Å². The summed E-state index contributed by atoms with van der Waals surface area (Å²) in [7, 11) is 0. The molecule has 0 aliphatic carbocycles. The molecule has 1 atom stereocenters. The number of benzene rings is 1. The Labute approximate surface area is 104 Å². The van der Waals surface area contributed by atoms with Crippen molar-refractivity contribution >= 4 is 5.69 Å². The van der Waals surface area contributed by atoms with Gasteiger partial charge in [-0.15, -0.1) is 0 Å². The fourth-order valence-electron chi connectivity index (χ4n) is 2.43. The fraction of sp³-hybridized carbons (Fsp3) is 0.533. The van der Waals surface area contributed by atoms with Crippen LogP contribution in [0, 0.1) is 16.7 Å². The molecule has 0 N–H and O–H groups in total. The summed E-state index contributed by atoms with van der Waals surface area (Å²) in [6, 6.07) is 11.5. The van der Waals surface area contributed by atoms with E-state index >= 15 is 0 Å². The van der Waals surface area contributed by atoms with E-state index in [-0.39, 0.29) is 5.41 Å². The first kappa shape index (κ1) is 12.0. The Bertz CT molecular complexity index is 442. The van der Waals surface area contributed by atoms with Crippen molar-refractivity contribution in [1.29, 1.82) is 5.26 Å². The summed E-state index contributed by atoms with van der Waals surface area (Å²) in [6.45, 7) is 7.26. The average Bonchev–Trinajstić information content (AvgIpc) is 2.62. The van der Waals surface area contributed by atoms with Gasteiger partial charge in [0.2, 0.25) is 0 Å². The predicted octanol–water partition coefficient (Wildman–Crippen LogP) is 3.38. The molecule has 1 aromatic rings. The summed E-state index contributed by atoms with van der Waals surface area (Å²) in [5.74, 6) is 0. The van der Waals surface area contributed by atoms with Crippen molar-refractivity contribution in [1.82, 2.24) is 0 Å². The minimum Gasteiger partial charge on any atom is -0.368 e. The third-order valence-electron chi connectivity index (χ3n) is 3.63. The molecule has 1 unspecified atom stereocenters. The minimum absolute atomic E-state index is 0.225. The summed E-state index contributed by atoms with van der Waals surface area (Å²) in [6.07, 6.45) is 2.05. The SMILES string of the molecule is CC1Cc2ccccc2N1CCC(C)(C)C#N. The minimum atomic E-state index is -0.225. The van der Waals surface area contributed by atoms with E-state index < -0.39 is 0 Å². The van der Waals surface area contributed by atoms with Crippen LogP contribution < -0.4 is 4.90 Å². The number of hydrogen-bond donors (Lipinski definition) is 0. The van der Waals surface area contributed by atoms with E-state index in [1.165, 1.54) is 11.3 Å². The Morgan fingerprint density at radius 3 is 2.82 bits per heavy atom. The quantitative estimate of drug-likeness (QED) is 0.793. The van der Waals surface area contributed by atoms with Crippen molar-refractivity contribution in [2.24, 2.45) is 5.41 Å². The van der Waals surface area contributed by atoms with Crippen molar-refractivity contribution in [3.63, 3.8) is 0 Å². The van der Waals surface area contributed by atoms with Gasteiger partial charge in [0.25, 0.3) is 0 Å². The molecular formula is C15H20N2. The second kappa shape index (κ2) is 4.41. The highest BCUT2D eigenvalue weighted by atomic mass is 15.2. The number of fused-ring (bicyclic) bond motifs is 1. The van der Waals surface area contributed by atoms with E-state index in [1.54, 1.807) is 0 Å². The zero-order valence-electron chi connectivity index (χ0n) is 10.9. The van der Waals surface area contributed by atoms with E-state index in [4.69, 9.17) is 5.26 Å². The summed E-state index contributed by atoms with van der Waals surface area (Å²) < 4.78 is 0. The first-order valence-electron chi connectivity index (χ1n) is 6.29. The molecular weight excluding hydrogens is 208 g/mol. The van der Waals surface area contributed by atoms with Crippen LogP contribution in [0.25, 0.3) is 0 Å². The molecule has 0 fully saturated rings. The van der Waals surface area contributed by atoms with Gasteiger partial charge < -0.3 is 4.90 Å². The number of nitriles is 1. The number of anilines is 1. The number of rotatable bonds is 3. The van der Waals surface area contributed by atoms with Crippen LogP contribution in [0.4, 0.5) is 5.69 Å². The Morgan fingerprint density at radius 2 is 2.12 bits per heavy atom. The highest BCUT2D eigenvalue weighted by Crippen LogP contribution is 2.33. The lowest BCUT2D eigenvalue weighted by atomic mass is 9.91. The van der Waals surface area contributed by atoms with Crippen molar-refractivity contribution in [2.75, 3.05) is 11.4 Å². The molecule has 1 aliphatic heterocycles. The van der Waals surface area contributed by atoms with E-state index in [2.05, 4.69) is 42.2 Å². The van der Waals surface area contributed by atoms with Crippen molar-refractivity contribution in [2.45, 2.75) is 39.7 Å². The molecule has 2 nitrogen and oxygen atoms in total. The molecule has 90 valence electrons. The van der Waals surface area contributed by atoms with Gasteiger partial charge in [-0.1, -0.05) is 18.2 Å². The number of hydrogen-bond acceptors (Lipinski definition) is 2. The van der Waals surface area contributed by atoms with Crippen molar-refractivity contribution in [3.8, 4) is 6.07 Å². The summed E-state index contributed by atoms with van der Waals surface area (Å²) in [4.78, 5) is 2.44. The number of nitrogens with zero attached hydrogens (tertiary/aromatic N) is 2. The molecule has 1 heterocycles. The van der Waals surface area contributed by atoms with Gasteiger partial charge in [-0.3, -0.25) is 0 Å². The monoisotopic (exact) mass is 228 g/mol. The van der Waals surface area contributed by atoms with Crippen LogP contribution in [0.15, 0.2) is 24.3 Å². The summed E-state index contributed by atoms with van der Waals surface area (Å²) >= 11 is 0. The smallest absolute Gasteiger partial charge is 0.0684 e. The average molecular weight is 228 g/mol. The Kier molecular flexibility index (Phi) is 3.11. The Balaban J connectivity index is 2.10. The van der Waals surface area contributed by atoms with Gasteiger partial charge in [-0.2, -0.15) is 5.26 Å². The lowest BCUT2D eigenvalue weighted by Gasteiger charge is -2.27. The highest BCUT2D eigenvalue weighted by molar-refractivity contribution is 5.59. The maximum absolute atomic E-state index is 9.06. The van der Waals surface area contributed by atoms with Crippen LogP contribution in [0.5, 0.6) is 0 Å². The molecule has 0 amide bonds. The summed E-state index contributed by atoms with van der Waals surface area (Å²) in [5, 5.41) is 9.06. The maximum Gasteiger partial charge on any atom is 0.0684 e. The third-order valence-corrected chi connectivity index (χ3v) is 3.63. The Morgan fingerprint density at radius 1 is 1.41 bits per heavy atom. The van der Waals surface area contributed by atoms with Crippen LogP contribution in [-0.2, 0) is 6.42 Å². The van der Waals surface area contributed by atoms with Crippen LogP contribution in [0.1, 0.15) is 32.8 Å². The molecule has 0 radical (unpaired) electrons. The second-order valence-electron chi connectivity index (χ2n) is 5.62. The summed E-state index contributed by atoms with van der Waals surface area (Å²) in [5.41, 5.74) is 2.57. The Hall–Kier alpha value is -1.49. The molecule has 0 bridgehead atoms. The number of para-hydroxylation sites is 1. The lowest BCUT2D eigenvalue weighted by molar-refractivity contribution is 0.443. The fourth-order valence-corrected chi connectivity index (χ4v) is 2.43. The van der Waals surface area contributed by atoms with Gasteiger partial charge in [-0.25, -0.2) is 0 Å². The molecule has 0 spiro atoms. The van der Waals surface area contributed by atoms with Gasteiger partial charge in [0, 0.05) is 18.3 Å². The standard InChI is InChI=1S/C15H20N2/c1-12-10-13-6-4-5-7-14(13)17(12)9-8-15(2,3)11-16/h4-7,12H,8-10H2,1-3H3. The molecule has 0 saturated carbocycles. The van der Waals surface area contributed by atoms with Crippen molar-refractivity contribution < 1.29 is 0 Å². The molecule has 2 rings (SSSR count). The largest absolute Gasteiger partial charge is 0.368 e. The maximum atomic E-state index is 9.06. The van der Waals surface area contributed by atoms with Crippen LogP contribution in [0.2, 0.25) is 0 Å². The first-order chi connectivity index (χ1) is 8.03. The van der Waals surface area contributed by atoms with Gasteiger partial charge in [0.05, 0.1) is 11.5 Å². The van der Waals surface area contributed by atoms with Gasteiger partial charge in [0.1, 0.15) is 0 Å². The van der Waals surface area contributed by atoms with Crippen molar-refractivity contribution in [3.05, 3.63) is 29.8 Å². The van der Waals surface area contributed by atoms with E-state index in [0.29, 0.717) is 6.04 Å². The normalized spacial score (nSPS) is 18.9. The van der Waals surface area contributed by atoms with Crippen LogP contribution >= 0.6 is 0 Å². The molecule has 17 heavy (non-hydrogen) atoms. The van der Waals surface area contributed by atoms with Gasteiger partial charge in [-0.05, 0) is 45.2 Å². The molecule has 0 saturated heterocycles. The lowest BCUT2D eigenvalue weighted by Crippen LogP contribution is -2.32. The molecule has 1 aromatic carbocycles.